The minimum atomic E-state index is -3.72. The fraction of sp³-hybridized carbons (Fsp3) is 0.400. The number of nitrogens with zero attached hydrogens (tertiary/aromatic N) is 1. The van der Waals surface area contributed by atoms with E-state index in [-0.39, 0.29) is 5.03 Å². The predicted molar refractivity (Wildman–Crippen MR) is 37.4 cm³/mol. The van der Waals surface area contributed by atoms with Crippen LogP contribution < -0.4 is 5.14 Å². The third-order valence-electron chi connectivity index (χ3n) is 1.38. The molecule has 0 fully saturated rings. The van der Waals surface area contributed by atoms with Gasteiger partial charge in [-0.1, -0.05) is 5.16 Å². The fourth-order valence-electron chi connectivity index (χ4n) is 0.663. The van der Waals surface area contributed by atoms with Crippen molar-refractivity contribution in [2.45, 2.75) is 18.9 Å². The van der Waals surface area contributed by atoms with Gasteiger partial charge in [-0.2, -0.15) is 0 Å². The summed E-state index contributed by atoms with van der Waals surface area (Å²) in [7, 11) is -3.72. The molecule has 0 aromatic carbocycles. The van der Waals surface area contributed by atoms with Crippen LogP contribution in [0.2, 0.25) is 0 Å². The third kappa shape index (κ3) is 1.41. The molecule has 62 valence electrons. The van der Waals surface area contributed by atoms with Crippen molar-refractivity contribution in [2.75, 3.05) is 0 Å². The number of primary sulfonamides is 1. The molecule has 0 unspecified atom stereocenters. The van der Waals surface area contributed by atoms with Crippen LogP contribution in [0.1, 0.15) is 11.3 Å². The van der Waals surface area contributed by atoms with E-state index in [1.807, 2.05) is 0 Å². The monoisotopic (exact) mass is 176 g/mol. The van der Waals surface area contributed by atoms with Crippen molar-refractivity contribution < 1.29 is 12.9 Å². The Kier molecular flexibility index (Phi) is 1.73. The molecular formula is C5H8N2O3S. The molecule has 0 spiro atoms. The largest absolute Gasteiger partial charge is 0.360 e. The molecule has 2 N–H and O–H groups in total. The summed E-state index contributed by atoms with van der Waals surface area (Å²) < 4.78 is 26.1. The van der Waals surface area contributed by atoms with Crippen molar-refractivity contribution in [3.8, 4) is 0 Å². The molecule has 11 heavy (non-hydrogen) atoms. The maximum absolute atomic E-state index is 10.7. The van der Waals surface area contributed by atoms with E-state index in [0.717, 1.165) is 0 Å². The highest BCUT2D eigenvalue weighted by molar-refractivity contribution is 7.89. The molecule has 0 aliphatic heterocycles. The first-order valence-electron chi connectivity index (χ1n) is 2.88. The van der Waals surface area contributed by atoms with E-state index >= 15 is 0 Å². The summed E-state index contributed by atoms with van der Waals surface area (Å²) in [6.07, 6.45) is 0. The van der Waals surface area contributed by atoms with Crippen LogP contribution in [0.15, 0.2) is 9.55 Å². The summed E-state index contributed by atoms with van der Waals surface area (Å²) >= 11 is 0. The average Bonchev–Trinajstić information content (AvgIpc) is 2.11. The molecular weight excluding hydrogens is 168 g/mol. The predicted octanol–water partition coefficient (Wildman–Crippen LogP) is -0.0612. The van der Waals surface area contributed by atoms with Gasteiger partial charge in [0.1, 0.15) is 5.76 Å². The lowest BCUT2D eigenvalue weighted by Crippen LogP contribution is -2.13. The van der Waals surface area contributed by atoms with E-state index in [1.54, 1.807) is 13.8 Å². The average molecular weight is 176 g/mol. The Morgan fingerprint density at radius 2 is 2.00 bits per heavy atom. The van der Waals surface area contributed by atoms with Crippen LogP contribution in [-0.4, -0.2) is 13.6 Å². The highest BCUT2D eigenvalue weighted by Gasteiger charge is 2.18. The first-order valence-corrected chi connectivity index (χ1v) is 4.43. The Bertz CT molecular complexity index is 365. The quantitative estimate of drug-likeness (QED) is 0.649. The van der Waals surface area contributed by atoms with Crippen molar-refractivity contribution in [1.82, 2.24) is 5.16 Å². The van der Waals surface area contributed by atoms with Crippen molar-refractivity contribution in [1.29, 1.82) is 0 Å². The molecule has 5 nitrogen and oxygen atoms in total. The van der Waals surface area contributed by atoms with Gasteiger partial charge in [-0.05, 0) is 13.8 Å². The molecule has 0 saturated heterocycles. The topological polar surface area (TPSA) is 86.2 Å². The van der Waals surface area contributed by atoms with Gasteiger partial charge in [0.2, 0.25) is 5.03 Å². The van der Waals surface area contributed by atoms with Gasteiger partial charge in [-0.3, -0.25) is 0 Å². The Morgan fingerprint density at radius 3 is 2.18 bits per heavy atom. The third-order valence-corrected chi connectivity index (χ3v) is 2.30. The van der Waals surface area contributed by atoms with Gasteiger partial charge >= 0.3 is 0 Å². The molecule has 1 heterocycles. The Hall–Kier alpha value is -0.880. The normalized spacial score (nSPS) is 11.9. The molecule has 0 bridgehead atoms. The van der Waals surface area contributed by atoms with Gasteiger partial charge in [-0.25, -0.2) is 13.6 Å². The lowest BCUT2D eigenvalue weighted by atomic mass is 10.3. The molecule has 6 heteroatoms. The van der Waals surface area contributed by atoms with Crippen LogP contribution in [0.5, 0.6) is 0 Å². The van der Waals surface area contributed by atoms with Gasteiger partial charge < -0.3 is 4.52 Å². The van der Waals surface area contributed by atoms with E-state index in [4.69, 9.17) is 5.14 Å². The van der Waals surface area contributed by atoms with Crippen molar-refractivity contribution in [2.24, 2.45) is 5.14 Å². The second kappa shape index (κ2) is 2.31. The van der Waals surface area contributed by atoms with Gasteiger partial charge in [0.05, 0.1) is 0 Å². The first kappa shape index (κ1) is 8.22. The zero-order chi connectivity index (χ0) is 8.65. The van der Waals surface area contributed by atoms with Crippen LogP contribution in [0.25, 0.3) is 0 Å². The lowest BCUT2D eigenvalue weighted by Gasteiger charge is -1.89. The number of hydrogen-bond donors (Lipinski definition) is 1. The van der Waals surface area contributed by atoms with Crippen LogP contribution in [0.3, 0.4) is 0 Å². The van der Waals surface area contributed by atoms with E-state index in [9.17, 15) is 8.42 Å². The summed E-state index contributed by atoms with van der Waals surface area (Å²) in [6.45, 7) is 3.21. The number of nitrogens with two attached hydrogens (primary N) is 1. The highest BCUT2D eigenvalue weighted by atomic mass is 32.2. The summed E-state index contributed by atoms with van der Waals surface area (Å²) in [5.74, 6) is 0.467. The Labute approximate surface area is 64.2 Å². The lowest BCUT2D eigenvalue weighted by molar-refractivity contribution is 0.381. The van der Waals surface area contributed by atoms with Crippen LogP contribution >= 0.6 is 0 Å². The highest BCUT2D eigenvalue weighted by Crippen LogP contribution is 2.14. The molecule has 1 aromatic heterocycles. The van der Waals surface area contributed by atoms with Gasteiger partial charge in [0.25, 0.3) is 10.0 Å². The molecule has 0 radical (unpaired) electrons. The molecule has 0 saturated carbocycles. The SMILES string of the molecule is Cc1onc(S(N)(=O)=O)c1C. The summed E-state index contributed by atoms with van der Waals surface area (Å²) in [4.78, 5) is 0. The summed E-state index contributed by atoms with van der Waals surface area (Å²) in [6, 6.07) is 0. The summed E-state index contributed by atoms with van der Waals surface area (Å²) in [5, 5.41) is 7.93. The van der Waals surface area contributed by atoms with E-state index in [2.05, 4.69) is 9.68 Å². The Morgan fingerprint density at radius 1 is 1.45 bits per heavy atom. The maximum atomic E-state index is 10.7. The maximum Gasteiger partial charge on any atom is 0.259 e. The molecule has 0 atom stereocenters. The summed E-state index contributed by atoms with van der Waals surface area (Å²) in [5.41, 5.74) is 0.465. The number of sulfonamides is 1. The zero-order valence-electron chi connectivity index (χ0n) is 6.16. The fourth-order valence-corrected chi connectivity index (χ4v) is 1.37. The van der Waals surface area contributed by atoms with Crippen molar-refractivity contribution in [3.63, 3.8) is 0 Å². The second-order valence-electron chi connectivity index (χ2n) is 2.21. The van der Waals surface area contributed by atoms with E-state index in [1.165, 1.54) is 0 Å². The standard InChI is InChI=1S/C5H8N2O3S/c1-3-4(2)10-7-5(3)11(6,8)9/h1-2H3,(H2,6,8,9). The van der Waals surface area contributed by atoms with Crippen molar-refractivity contribution in [3.05, 3.63) is 11.3 Å². The van der Waals surface area contributed by atoms with E-state index in [0.29, 0.717) is 11.3 Å². The van der Waals surface area contributed by atoms with Crippen LogP contribution in [-0.2, 0) is 10.0 Å². The van der Waals surface area contributed by atoms with Crippen LogP contribution in [0, 0.1) is 13.8 Å². The Balaban J connectivity index is 3.38. The second-order valence-corrected chi connectivity index (χ2v) is 3.69. The van der Waals surface area contributed by atoms with Crippen molar-refractivity contribution >= 4 is 10.0 Å². The molecule has 0 aliphatic carbocycles. The minimum Gasteiger partial charge on any atom is -0.360 e. The smallest absolute Gasteiger partial charge is 0.259 e. The van der Waals surface area contributed by atoms with Gasteiger partial charge in [-0.15, -0.1) is 0 Å². The van der Waals surface area contributed by atoms with E-state index < -0.39 is 10.0 Å². The number of hydrogen-bond acceptors (Lipinski definition) is 4. The number of aryl methyl sites for hydroxylation is 1. The first-order chi connectivity index (χ1) is 4.93. The minimum absolute atomic E-state index is 0.185. The molecule has 0 aliphatic rings. The van der Waals surface area contributed by atoms with Gasteiger partial charge in [0.15, 0.2) is 0 Å². The zero-order valence-corrected chi connectivity index (χ0v) is 6.97. The molecule has 1 rings (SSSR count). The molecule has 0 amide bonds. The van der Waals surface area contributed by atoms with Crippen LogP contribution in [0.4, 0.5) is 0 Å². The molecule has 1 aromatic rings. The van der Waals surface area contributed by atoms with Gasteiger partial charge in [0, 0.05) is 5.56 Å². The number of aromatic nitrogens is 1. The number of rotatable bonds is 1.